The number of amides is 2. The van der Waals surface area contributed by atoms with Gasteiger partial charge in [0.05, 0.1) is 51.5 Å². The lowest BCUT2D eigenvalue weighted by molar-refractivity contribution is -0.115. The van der Waals surface area contributed by atoms with Gasteiger partial charge in [-0.2, -0.15) is 5.10 Å². The number of aromatic nitrogens is 3. The summed E-state index contributed by atoms with van der Waals surface area (Å²) in [6, 6.07) is 13.8. The summed E-state index contributed by atoms with van der Waals surface area (Å²) >= 11 is 0. The largest absolute Gasteiger partial charge is 0.493 e. The van der Waals surface area contributed by atoms with E-state index in [1.54, 1.807) is 71.9 Å². The van der Waals surface area contributed by atoms with Gasteiger partial charge in [0.2, 0.25) is 11.7 Å². The highest BCUT2D eigenvalue weighted by Gasteiger charge is 2.16. The molecule has 0 spiro atoms. The fourth-order valence-electron chi connectivity index (χ4n) is 3.57. The Balaban J connectivity index is 1.47. The number of methoxy groups -OCH3 is 3. The molecule has 0 atom stereocenters. The van der Waals surface area contributed by atoms with Gasteiger partial charge in [0.15, 0.2) is 11.5 Å². The highest BCUT2D eigenvalue weighted by molar-refractivity contribution is 6.05. The van der Waals surface area contributed by atoms with Gasteiger partial charge >= 0.3 is 0 Å². The second-order valence-electron chi connectivity index (χ2n) is 7.67. The Kier molecular flexibility index (Phi) is 7.45. The molecule has 10 heteroatoms. The lowest BCUT2D eigenvalue weighted by Gasteiger charge is -2.14. The van der Waals surface area contributed by atoms with Crippen LogP contribution in [-0.4, -0.2) is 47.9 Å². The number of carbonyl (C=O) groups is 2. The van der Waals surface area contributed by atoms with Crippen molar-refractivity contribution in [3.8, 4) is 22.9 Å². The molecule has 4 rings (SSSR count). The van der Waals surface area contributed by atoms with Crippen LogP contribution < -0.4 is 24.8 Å². The van der Waals surface area contributed by atoms with Gasteiger partial charge in [0.25, 0.3) is 5.91 Å². The molecular formula is C26H25N5O5. The van der Waals surface area contributed by atoms with Gasteiger partial charge < -0.3 is 24.8 Å². The Hall–Kier alpha value is -4.86. The zero-order valence-electron chi connectivity index (χ0n) is 20.0. The van der Waals surface area contributed by atoms with Crippen molar-refractivity contribution in [2.45, 2.75) is 6.42 Å². The molecule has 184 valence electrons. The Morgan fingerprint density at radius 3 is 2.28 bits per heavy atom. The lowest BCUT2D eigenvalue weighted by Crippen LogP contribution is -2.14. The third-order valence-corrected chi connectivity index (χ3v) is 5.28. The van der Waals surface area contributed by atoms with E-state index in [4.69, 9.17) is 14.2 Å². The van der Waals surface area contributed by atoms with Gasteiger partial charge in [-0.15, -0.1) is 0 Å². The first kappa shape index (κ1) is 24.3. The third kappa shape index (κ3) is 5.61. The van der Waals surface area contributed by atoms with Crippen LogP contribution in [0.3, 0.4) is 0 Å². The number of hydrogen-bond donors (Lipinski definition) is 2. The van der Waals surface area contributed by atoms with Crippen LogP contribution >= 0.6 is 0 Å². The molecule has 0 aliphatic heterocycles. The van der Waals surface area contributed by atoms with Crippen molar-refractivity contribution in [1.82, 2.24) is 14.8 Å². The molecule has 36 heavy (non-hydrogen) atoms. The van der Waals surface area contributed by atoms with Crippen molar-refractivity contribution in [3.63, 3.8) is 0 Å². The normalized spacial score (nSPS) is 10.4. The van der Waals surface area contributed by atoms with Gasteiger partial charge in [0.1, 0.15) is 0 Å². The van der Waals surface area contributed by atoms with Crippen molar-refractivity contribution in [3.05, 3.63) is 84.4 Å². The predicted molar refractivity (Wildman–Crippen MR) is 134 cm³/mol. The van der Waals surface area contributed by atoms with E-state index in [1.807, 2.05) is 6.07 Å². The molecule has 0 aliphatic rings. The number of benzene rings is 2. The van der Waals surface area contributed by atoms with Crippen molar-refractivity contribution >= 4 is 23.2 Å². The number of pyridine rings is 1. The van der Waals surface area contributed by atoms with E-state index in [0.717, 1.165) is 5.56 Å². The van der Waals surface area contributed by atoms with Gasteiger partial charge in [-0.05, 0) is 35.9 Å². The minimum absolute atomic E-state index is 0.167. The molecule has 4 aromatic rings. The summed E-state index contributed by atoms with van der Waals surface area (Å²) in [6.45, 7) is 0. The van der Waals surface area contributed by atoms with Gasteiger partial charge in [-0.1, -0.05) is 6.07 Å². The molecule has 0 saturated carbocycles. The summed E-state index contributed by atoms with van der Waals surface area (Å²) in [5.74, 6) is 0.789. The van der Waals surface area contributed by atoms with Crippen LogP contribution in [-0.2, 0) is 11.2 Å². The molecule has 0 unspecified atom stereocenters. The molecule has 2 amide bonds. The molecule has 0 bridgehead atoms. The van der Waals surface area contributed by atoms with Crippen LogP contribution in [0, 0.1) is 0 Å². The minimum atomic E-state index is -0.329. The van der Waals surface area contributed by atoms with Crippen molar-refractivity contribution < 1.29 is 23.8 Å². The molecule has 0 fully saturated rings. The standard InChI is InChI=1S/C26H25N5O5/c1-34-22-13-19(14-23(35-2)25(22)36-3)30-26(33)18-5-4-6-21(12-18)31-16-20(15-28-31)29-24(32)11-17-7-9-27-10-8-17/h4-10,12-16H,11H2,1-3H3,(H,29,32)(H,30,33). The van der Waals surface area contributed by atoms with Gasteiger partial charge in [-0.3, -0.25) is 14.6 Å². The Labute approximate surface area is 207 Å². The number of ether oxygens (including phenoxy) is 3. The van der Waals surface area contributed by atoms with Crippen LogP contribution in [0.2, 0.25) is 0 Å². The third-order valence-electron chi connectivity index (χ3n) is 5.28. The highest BCUT2D eigenvalue weighted by Crippen LogP contribution is 2.40. The molecule has 2 heterocycles. The second-order valence-corrected chi connectivity index (χ2v) is 7.67. The summed E-state index contributed by atoms with van der Waals surface area (Å²) in [7, 11) is 4.52. The summed E-state index contributed by atoms with van der Waals surface area (Å²) in [5.41, 5.74) is 2.96. The average Bonchev–Trinajstić information content (AvgIpc) is 3.37. The topological polar surface area (TPSA) is 117 Å². The SMILES string of the molecule is COc1cc(NC(=O)c2cccc(-n3cc(NC(=O)Cc4ccncc4)cn3)c2)cc(OC)c1OC. The van der Waals surface area contributed by atoms with Crippen LogP contribution in [0.25, 0.3) is 5.69 Å². The van der Waals surface area contributed by atoms with E-state index in [-0.39, 0.29) is 18.2 Å². The molecule has 0 aliphatic carbocycles. The fraction of sp³-hybridized carbons (Fsp3) is 0.154. The summed E-state index contributed by atoms with van der Waals surface area (Å²) in [4.78, 5) is 29.2. The highest BCUT2D eigenvalue weighted by atomic mass is 16.5. The number of anilines is 2. The van der Waals surface area contributed by atoms with E-state index < -0.39 is 0 Å². The van der Waals surface area contributed by atoms with Crippen LogP contribution in [0.4, 0.5) is 11.4 Å². The van der Waals surface area contributed by atoms with Gasteiger partial charge in [-0.25, -0.2) is 4.68 Å². The van der Waals surface area contributed by atoms with E-state index >= 15 is 0 Å². The number of hydrogen-bond acceptors (Lipinski definition) is 7. The molecule has 2 N–H and O–H groups in total. The number of rotatable bonds is 9. The van der Waals surface area contributed by atoms with Crippen LogP contribution in [0.15, 0.2) is 73.3 Å². The Morgan fingerprint density at radius 2 is 1.61 bits per heavy atom. The number of nitrogens with zero attached hydrogens (tertiary/aromatic N) is 3. The average molecular weight is 488 g/mol. The van der Waals surface area contributed by atoms with Crippen molar-refractivity contribution in [2.24, 2.45) is 0 Å². The Morgan fingerprint density at radius 1 is 0.889 bits per heavy atom. The molecular weight excluding hydrogens is 462 g/mol. The molecule has 2 aromatic heterocycles. The number of nitrogens with one attached hydrogen (secondary N) is 2. The zero-order chi connectivity index (χ0) is 25.5. The smallest absolute Gasteiger partial charge is 0.255 e. The molecule has 0 saturated heterocycles. The fourth-order valence-corrected chi connectivity index (χ4v) is 3.57. The second kappa shape index (κ2) is 11.0. The minimum Gasteiger partial charge on any atom is -0.493 e. The number of carbonyl (C=O) groups excluding carboxylic acids is 2. The van der Waals surface area contributed by atoms with E-state index in [9.17, 15) is 9.59 Å². The van der Waals surface area contributed by atoms with Crippen LogP contribution in [0.5, 0.6) is 17.2 Å². The lowest BCUT2D eigenvalue weighted by atomic mass is 10.1. The maximum Gasteiger partial charge on any atom is 0.255 e. The van der Waals surface area contributed by atoms with E-state index in [2.05, 4.69) is 20.7 Å². The first-order valence-electron chi connectivity index (χ1n) is 11.0. The van der Waals surface area contributed by atoms with Gasteiger partial charge in [0, 0.05) is 35.8 Å². The van der Waals surface area contributed by atoms with Crippen molar-refractivity contribution in [1.29, 1.82) is 0 Å². The predicted octanol–water partition coefficient (Wildman–Crippen LogP) is 3.73. The van der Waals surface area contributed by atoms with Crippen molar-refractivity contribution in [2.75, 3.05) is 32.0 Å². The maximum atomic E-state index is 13.0. The first-order chi connectivity index (χ1) is 17.5. The monoisotopic (exact) mass is 487 g/mol. The summed E-state index contributed by atoms with van der Waals surface area (Å²) in [6.07, 6.45) is 6.74. The molecule has 10 nitrogen and oxygen atoms in total. The first-order valence-corrected chi connectivity index (χ1v) is 11.0. The van der Waals surface area contributed by atoms with E-state index in [1.165, 1.54) is 21.3 Å². The van der Waals surface area contributed by atoms with E-state index in [0.29, 0.717) is 39.9 Å². The zero-order valence-corrected chi connectivity index (χ0v) is 20.0. The van der Waals surface area contributed by atoms with Crippen LogP contribution in [0.1, 0.15) is 15.9 Å². The quantitative estimate of drug-likeness (QED) is 0.370. The summed E-state index contributed by atoms with van der Waals surface area (Å²) < 4.78 is 17.6. The maximum absolute atomic E-state index is 13.0. The summed E-state index contributed by atoms with van der Waals surface area (Å²) in [5, 5.41) is 9.98. The Bertz CT molecular complexity index is 1350. The molecule has 2 aromatic carbocycles. The molecule has 0 radical (unpaired) electrons.